The summed E-state index contributed by atoms with van der Waals surface area (Å²) in [7, 11) is 0. The molecule has 4 aromatic heterocycles. The molecule has 0 fully saturated rings. The molecule has 1 N–H and O–H groups in total. The van der Waals surface area contributed by atoms with Crippen molar-refractivity contribution in [2.45, 2.75) is 26.3 Å². The molecule has 6 heteroatoms. The summed E-state index contributed by atoms with van der Waals surface area (Å²) in [5.74, 6) is 0.841. The minimum Gasteiger partial charge on any atom is -0.310 e. The molecule has 0 saturated heterocycles. The van der Waals surface area contributed by atoms with E-state index in [4.69, 9.17) is 0 Å². The van der Waals surface area contributed by atoms with Crippen LogP contribution in [0.25, 0.3) is 11.5 Å². The highest BCUT2D eigenvalue weighted by Crippen LogP contribution is 2.19. The maximum absolute atomic E-state index is 4.64. The topological polar surface area (TPSA) is 60.0 Å². The van der Waals surface area contributed by atoms with Gasteiger partial charge < -0.3 is 9.72 Å². The van der Waals surface area contributed by atoms with Crippen LogP contribution in [0.3, 0.4) is 0 Å². The lowest BCUT2D eigenvalue weighted by atomic mass is 10.1. The SMILES string of the molecule is Cc1c(C(C)NCCc2cn3ccccc3n2)cnn1-c1ccccn1. The van der Waals surface area contributed by atoms with E-state index in [2.05, 4.69) is 44.8 Å². The van der Waals surface area contributed by atoms with Crippen molar-refractivity contribution in [3.05, 3.63) is 78.1 Å². The number of imidazole rings is 1. The maximum Gasteiger partial charge on any atom is 0.153 e. The van der Waals surface area contributed by atoms with Crippen molar-refractivity contribution in [3.8, 4) is 5.82 Å². The Bertz CT molecular complexity index is 969. The Kier molecular flexibility index (Phi) is 4.50. The van der Waals surface area contributed by atoms with Crippen LogP contribution in [0.2, 0.25) is 0 Å². The maximum atomic E-state index is 4.64. The molecule has 0 bridgehead atoms. The fourth-order valence-electron chi connectivity index (χ4n) is 3.19. The molecule has 4 heterocycles. The molecule has 0 spiro atoms. The number of nitrogens with one attached hydrogen (secondary N) is 1. The minimum absolute atomic E-state index is 0.212. The van der Waals surface area contributed by atoms with E-state index in [0.717, 1.165) is 35.8 Å². The highest BCUT2D eigenvalue weighted by atomic mass is 15.3. The largest absolute Gasteiger partial charge is 0.310 e. The number of hydrogen-bond donors (Lipinski definition) is 1. The summed E-state index contributed by atoms with van der Waals surface area (Å²) in [5, 5.41) is 8.07. The van der Waals surface area contributed by atoms with Gasteiger partial charge in [-0.15, -0.1) is 0 Å². The number of fused-ring (bicyclic) bond motifs is 1. The van der Waals surface area contributed by atoms with E-state index in [-0.39, 0.29) is 6.04 Å². The highest BCUT2D eigenvalue weighted by Gasteiger charge is 2.14. The Hall–Kier alpha value is -2.99. The first-order valence-electron chi connectivity index (χ1n) is 8.84. The summed E-state index contributed by atoms with van der Waals surface area (Å²) in [6, 6.07) is 12.1. The van der Waals surface area contributed by atoms with Crippen LogP contribution >= 0.6 is 0 Å². The van der Waals surface area contributed by atoms with E-state index in [1.807, 2.05) is 53.5 Å². The van der Waals surface area contributed by atoms with Crippen LogP contribution in [0, 0.1) is 6.92 Å². The molecule has 6 nitrogen and oxygen atoms in total. The average Bonchev–Trinajstić information content (AvgIpc) is 3.25. The fraction of sp³-hybridized carbons (Fsp3) is 0.250. The average molecular weight is 346 g/mol. The zero-order chi connectivity index (χ0) is 17.9. The predicted molar refractivity (Wildman–Crippen MR) is 101 cm³/mol. The van der Waals surface area contributed by atoms with Gasteiger partial charge in [-0.05, 0) is 38.1 Å². The molecule has 0 aromatic carbocycles. The van der Waals surface area contributed by atoms with E-state index < -0.39 is 0 Å². The molecule has 0 aliphatic heterocycles. The van der Waals surface area contributed by atoms with Crippen LogP contribution in [0.15, 0.2) is 61.2 Å². The number of aromatic nitrogens is 5. The second-order valence-corrected chi connectivity index (χ2v) is 6.41. The Balaban J connectivity index is 1.40. The van der Waals surface area contributed by atoms with Crippen molar-refractivity contribution >= 4 is 5.65 Å². The molecule has 0 saturated carbocycles. The lowest BCUT2D eigenvalue weighted by Crippen LogP contribution is -2.22. The molecular formula is C20H22N6. The van der Waals surface area contributed by atoms with Crippen molar-refractivity contribution in [2.75, 3.05) is 6.54 Å². The van der Waals surface area contributed by atoms with E-state index >= 15 is 0 Å². The molecule has 0 radical (unpaired) electrons. The normalized spacial score (nSPS) is 12.5. The molecule has 4 aromatic rings. The summed E-state index contributed by atoms with van der Waals surface area (Å²) in [6.07, 6.45) is 8.71. The van der Waals surface area contributed by atoms with E-state index in [1.165, 1.54) is 5.56 Å². The van der Waals surface area contributed by atoms with Crippen LogP contribution in [0.5, 0.6) is 0 Å². The number of pyridine rings is 2. The quantitative estimate of drug-likeness (QED) is 0.583. The van der Waals surface area contributed by atoms with Gasteiger partial charge in [-0.1, -0.05) is 12.1 Å². The molecule has 132 valence electrons. The van der Waals surface area contributed by atoms with Crippen molar-refractivity contribution in [1.82, 2.24) is 29.5 Å². The van der Waals surface area contributed by atoms with E-state index in [1.54, 1.807) is 6.20 Å². The molecular weight excluding hydrogens is 324 g/mol. The third kappa shape index (κ3) is 3.23. The molecule has 4 rings (SSSR count). The highest BCUT2D eigenvalue weighted by molar-refractivity contribution is 5.39. The lowest BCUT2D eigenvalue weighted by Gasteiger charge is -2.13. The van der Waals surface area contributed by atoms with Crippen molar-refractivity contribution in [2.24, 2.45) is 0 Å². The van der Waals surface area contributed by atoms with Gasteiger partial charge in [-0.2, -0.15) is 5.10 Å². The van der Waals surface area contributed by atoms with Gasteiger partial charge in [0, 0.05) is 48.9 Å². The fourth-order valence-corrected chi connectivity index (χ4v) is 3.19. The molecule has 1 unspecified atom stereocenters. The van der Waals surface area contributed by atoms with Crippen LogP contribution in [-0.2, 0) is 6.42 Å². The molecule has 26 heavy (non-hydrogen) atoms. The second-order valence-electron chi connectivity index (χ2n) is 6.41. The van der Waals surface area contributed by atoms with Gasteiger partial charge in [-0.3, -0.25) is 0 Å². The second kappa shape index (κ2) is 7.09. The van der Waals surface area contributed by atoms with E-state index in [0.29, 0.717) is 0 Å². The summed E-state index contributed by atoms with van der Waals surface area (Å²) in [4.78, 5) is 9.02. The van der Waals surface area contributed by atoms with Crippen molar-refractivity contribution in [1.29, 1.82) is 0 Å². The first-order chi connectivity index (χ1) is 12.7. The Labute approximate surface area is 152 Å². The summed E-state index contributed by atoms with van der Waals surface area (Å²) < 4.78 is 3.94. The van der Waals surface area contributed by atoms with Gasteiger partial charge >= 0.3 is 0 Å². The number of rotatable bonds is 6. The Morgan fingerprint density at radius 3 is 2.85 bits per heavy atom. The van der Waals surface area contributed by atoms with E-state index in [9.17, 15) is 0 Å². The smallest absolute Gasteiger partial charge is 0.153 e. The molecule has 0 aliphatic rings. The van der Waals surface area contributed by atoms with Crippen molar-refractivity contribution < 1.29 is 0 Å². The Morgan fingerprint density at radius 2 is 2.04 bits per heavy atom. The van der Waals surface area contributed by atoms with Gasteiger partial charge in [0.1, 0.15) is 5.65 Å². The van der Waals surface area contributed by atoms with Crippen molar-refractivity contribution in [3.63, 3.8) is 0 Å². The molecule has 1 atom stereocenters. The summed E-state index contributed by atoms with van der Waals surface area (Å²) in [6.45, 7) is 5.10. The van der Waals surface area contributed by atoms with Crippen LogP contribution < -0.4 is 5.32 Å². The van der Waals surface area contributed by atoms with Crippen LogP contribution in [0.4, 0.5) is 0 Å². The van der Waals surface area contributed by atoms with Gasteiger partial charge in [0.05, 0.1) is 11.9 Å². The third-order valence-electron chi connectivity index (χ3n) is 4.63. The summed E-state index contributed by atoms with van der Waals surface area (Å²) in [5.41, 5.74) is 4.38. The third-order valence-corrected chi connectivity index (χ3v) is 4.63. The van der Waals surface area contributed by atoms with Crippen LogP contribution in [0.1, 0.15) is 29.9 Å². The number of nitrogens with zero attached hydrogens (tertiary/aromatic N) is 5. The van der Waals surface area contributed by atoms with Gasteiger partial charge in [0.15, 0.2) is 5.82 Å². The zero-order valence-corrected chi connectivity index (χ0v) is 15.0. The Morgan fingerprint density at radius 1 is 1.15 bits per heavy atom. The zero-order valence-electron chi connectivity index (χ0n) is 15.0. The van der Waals surface area contributed by atoms with Crippen LogP contribution in [-0.4, -0.2) is 30.7 Å². The first-order valence-corrected chi connectivity index (χ1v) is 8.84. The monoisotopic (exact) mass is 346 g/mol. The number of hydrogen-bond acceptors (Lipinski definition) is 4. The lowest BCUT2D eigenvalue weighted by molar-refractivity contribution is 0.571. The minimum atomic E-state index is 0.212. The predicted octanol–water partition coefficient (Wildman–Crippen LogP) is 3.12. The first kappa shape index (κ1) is 16.5. The standard InChI is InChI=1S/C20H22N6/c1-15(18-13-23-26(16(18)2)19-7-3-5-10-22-19)21-11-9-17-14-25-12-6-4-8-20(25)24-17/h3-8,10,12-15,21H,9,11H2,1-2H3. The summed E-state index contributed by atoms with van der Waals surface area (Å²) >= 11 is 0. The van der Waals surface area contributed by atoms with Gasteiger partial charge in [-0.25, -0.2) is 14.6 Å². The molecule has 0 aliphatic carbocycles. The van der Waals surface area contributed by atoms with Gasteiger partial charge in [0.25, 0.3) is 0 Å². The molecule has 0 amide bonds. The van der Waals surface area contributed by atoms with Gasteiger partial charge in [0.2, 0.25) is 0 Å².